The normalized spacial score (nSPS) is 10.5. The van der Waals surface area contributed by atoms with E-state index in [1.165, 1.54) is 0 Å². The van der Waals surface area contributed by atoms with Gasteiger partial charge in [-0.05, 0) is 47.5 Å². The topological polar surface area (TPSA) is 51.2 Å². The third kappa shape index (κ3) is 3.48. The van der Waals surface area contributed by atoms with Gasteiger partial charge in [0.1, 0.15) is 5.75 Å². The lowest BCUT2D eigenvalue weighted by Crippen LogP contribution is -2.23. The largest absolute Gasteiger partial charge is 0.493 e. The highest BCUT2D eigenvalue weighted by Gasteiger charge is 2.13. The highest BCUT2D eigenvalue weighted by molar-refractivity contribution is 6.01. The zero-order chi connectivity index (χ0) is 16.1. The molecule has 1 aromatic heterocycles. The number of ether oxygens (including phenoxy) is 1. The van der Waals surface area contributed by atoms with Crippen molar-refractivity contribution in [1.82, 2.24) is 10.3 Å². The van der Waals surface area contributed by atoms with Crippen LogP contribution in [0.3, 0.4) is 0 Å². The Morgan fingerprint density at radius 1 is 1.09 bits per heavy atom. The molecule has 0 aliphatic carbocycles. The first-order chi connectivity index (χ1) is 11.3. The van der Waals surface area contributed by atoms with Gasteiger partial charge >= 0.3 is 0 Å². The Morgan fingerprint density at radius 2 is 1.78 bits per heavy atom. The average Bonchev–Trinajstić information content (AvgIpc) is 2.60. The van der Waals surface area contributed by atoms with Crippen LogP contribution in [0.25, 0.3) is 10.8 Å². The Labute approximate surface area is 135 Å². The molecule has 0 atom stereocenters. The van der Waals surface area contributed by atoms with Crippen molar-refractivity contribution in [2.24, 2.45) is 0 Å². The van der Waals surface area contributed by atoms with Gasteiger partial charge in [-0.2, -0.15) is 0 Å². The van der Waals surface area contributed by atoms with Crippen LogP contribution >= 0.6 is 0 Å². The molecule has 0 bridgehead atoms. The summed E-state index contributed by atoms with van der Waals surface area (Å²) in [5.74, 6) is 0.467. The second kappa shape index (κ2) is 6.92. The van der Waals surface area contributed by atoms with Crippen LogP contribution < -0.4 is 10.1 Å². The molecule has 0 aliphatic heterocycles. The maximum absolute atomic E-state index is 12.6. The highest BCUT2D eigenvalue weighted by atomic mass is 16.5. The van der Waals surface area contributed by atoms with E-state index in [0.717, 1.165) is 16.3 Å². The number of nitrogens with one attached hydrogen (secondary N) is 1. The molecule has 1 N–H and O–H groups in total. The molecule has 23 heavy (non-hydrogen) atoms. The van der Waals surface area contributed by atoms with E-state index in [1.54, 1.807) is 12.4 Å². The number of aromatic nitrogens is 1. The lowest BCUT2D eigenvalue weighted by atomic mass is 10.1. The second-order valence-corrected chi connectivity index (χ2v) is 5.17. The van der Waals surface area contributed by atoms with Gasteiger partial charge in [-0.15, -0.1) is 0 Å². The fourth-order valence-electron chi connectivity index (χ4n) is 2.45. The summed E-state index contributed by atoms with van der Waals surface area (Å²) in [5, 5.41) is 5.01. The minimum Gasteiger partial charge on any atom is -0.493 e. The summed E-state index contributed by atoms with van der Waals surface area (Å²) in [6.07, 6.45) is 3.42. The Kier molecular flexibility index (Phi) is 4.52. The minimum absolute atomic E-state index is 0.143. The molecule has 1 heterocycles. The van der Waals surface area contributed by atoms with E-state index in [2.05, 4.69) is 10.3 Å². The average molecular weight is 306 g/mol. The lowest BCUT2D eigenvalue weighted by molar-refractivity contribution is 0.0947. The number of carbonyl (C=O) groups excluding carboxylic acids is 1. The first-order valence-corrected chi connectivity index (χ1v) is 7.60. The third-order valence-electron chi connectivity index (χ3n) is 3.59. The van der Waals surface area contributed by atoms with Gasteiger partial charge in [0.05, 0.1) is 12.2 Å². The third-order valence-corrected chi connectivity index (χ3v) is 3.59. The number of hydrogen-bond donors (Lipinski definition) is 1. The smallest absolute Gasteiger partial charge is 0.255 e. The molecule has 116 valence electrons. The molecule has 4 nitrogen and oxygen atoms in total. The number of benzene rings is 2. The van der Waals surface area contributed by atoms with Gasteiger partial charge in [-0.3, -0.25) is 9.78 Å². The summed E-state index contributed by atoms with van der Waals surface area (Å²) in [6, 6.07) is 15.5. The van der Waals surface area contributed by atoms with Gasteiger partial charge in [0.15, 0.2) is 0 Å². The Hall–Kier alpha value is -2.88. The quantitative estimate of drug-likeness (QED) is 0.784. The number of fused-ring (bicyclic) bond motifs is 1. The molecule has 0 unspecified atom stereocenters. The van der Waals surface area contributed by atoms with Crippen LogP contribution in [0.5, 0.6) is 5.75 Å². The molecule has 2 aromatic carbocycles. The van der Waals surface area contributed by atoms with Crippen LogP contribution in [-0.4, -0.2) is 17.5 Å². The first kappa shape index (κ1) is 15.0. The van der Waals surface area contributed by atoms with Crippen LogP contribution in [0.4, 0.5) is 0 Å². The van der Waals surface area contributed by atoms with Crippen molar-refractivity contribution in [2.75, 3.05) is 6.61 Å². The molecule has 4 heteroatoms. The van der Waals surface area contributed by atoms with Crippen molar-refractivity contribution in [2.45, 2.75) is 13.5 Å². The van der Waals surface area contributed by atoms with Crippen LogP contribution in [0.1, 0.15) is 22.8 Å². The molecular weight excluding hydrogens is 288 g/mol. The van der Waals surface area contributed by atoms with Crippen molar-refractivity contribution in [3.05, 3.63) is 72.1 Å². The first-order valence-electron chi connectivity index (χ1n) is 7.60. The zero-order valence-corrected chi connectivity index (χ0v) is 13.0. The molecule has 0 spiro atoms. The van der Waals surface area contributed by atoms with Gasteiger partial charge in [-0.1, -0.05) is 24.3 Å². The Morgan fingerprint density at radius 3 is 2.48 bits per heavy atom. The van der Waals surface area contributed by atoms with Gasteiger partial charge < -0.3 is 10.1 Å². The van der Waals surface area contributed by atoms with E-state index in [1.807, 2.05) is 55.5 Å². The number of carbonyl (C=O) groups is 1. The molecule has 1 amide bonds. The predicted molar refractivity (Wildman–Crippen MR) is 90.5 cm³/mol. The van der Waals surface area contributed by atoms with Crippen molar-refractivity contribution < 1.29 is 9.53 Å². The number of hydrogen-bond acceptors (Lipinski definition) is 3. The summed E-state index contributed by atoms with van der Waals surface area (Å²) < 4.78 is 5.65. The van der Waals surface area contributed by atoms with Crippen molar-refractivity contribution in [3.8, 4) is 5.75 Å². The fraction of sp³-hybridized carbons (Fsp3) is 0.158. The lowest BCUT2D eigenvalue weighted by Gasteiger charge is -2.12. The van der Waals surface area contributed by atoms with E-state index in [4.69, 9.17) is 4.74 Å². The Balaban J connectivity index is 1.87. The van der Waals surface area contributed by atoms with E-state index in [-0.39, 0.29) is 5.91 Å². The highest BCUT2D eigenvalue weighted by Crippen LogP contribution is 2.26. The summed E-state index contributed by atoms with van der Waals surface area (Å²) in [4.78, 5) is 16.5. The summed E-state index contributed by atoms with van der Waals surface area (Å²) >= 11 is 0. The zero-order valence-electron chi connectivity index (χ0n) is 13.0. The van der Waals surface area contributed by atoms with Crippen LogP contribution in [0.2, 0.25) is 0 Å². The summed E-state index contributed by atoms with van der Waals surface area (Å²) in [5.41, 5.74) is 1.56. The van der Waals surface area contributed by atoms with Gasteiger partial charge in [0.2, 0.25) is 0 Å². The monoisotopic (exact) mass is 306 g/mol. The molecule has 3 aromatic rings. The van der Waals surface area contributed by atoms with E-state index in [0.29, 0.717) is 24.5 Å². The fourth-order valence-corrected chi connectivity index (χ4v) is 2.45. The van der Waals surface area contributed by atoms with E-state index < -0.39 is 0 Å². The van der Waals surface area contributed by atoms with Crippen LogP contribution in [0.15, 0.2) is 60.9 Å². The number of amides is 1. The van der Waals surface area contributed by atoms with Gasteiger partial charge in [-0.25, -0.2) is 0 Å². The number of pyridine rings is 1. The molecule has 3 rings (SSSR count). The molecule has 0 fully saturated rings. The SMILES string of the molecule is CCOc1cc2ccccc2cc1C(=O)NCc1ccncc1. The predicted octanol–water partition coefficient (Wildman–Crippen LogP) is 3.56. The van der Waals surface area contributed by atoms with E-state index in [9.17, 15) is 4.79 Å². The van der Waals surface area contributed by atoms with Gasteiger partial charge in [0, 0.05) is 18.9 Å². The van der Waals surface area contributed by atoms with Crippen molar-refractivity contribution in [3.63, 3.8) is 0 Å². The molecule has 0 radical (unpaired) electrons. The van der Waals surface area contributed by atoms with Crippen molar-refractivity contribution in [1.29, 1.82) is 0 Å². The maximum Gasteiger partial charge on any atom is 0.255 e. The Bertz CT molecular complexity index is 816. The van der Waals surface area contributed by atoms with Crippen LogP contribution in [-0.2, 0) is 6.54 Å². The molecular formula is C19H18N2O2. The summed E-state index contributed by atoms with van der Waals surface area (Å²) in [7, 11) is 0. The second-order valence-electron chi connectivity index (χ2n) is 5.17. The van der Waals surface area contributed by atoms with E-state index >= 15 is 0 Å². The van der Waals surface area contributed by atoms with Gasteiger partial charge in [0.25, 0.3) is 5.91 Å². The summed E-state index contributed by atoms with van der Waals surface area (Å²) in [6.45, 7) is 2.89. The molecule has 0 saturated heterocycles. The molecule has 0 aliphatic rings. The minimum atomic E-state index is -0.143. The maximum atomic E-state index is 12.6. The number of rotatable bonds is 5. The molecule has 0 saturated carbocycles. The standard InChI is InChI=1S/C19H18N2O2/c1-2-23-18-12-16-6-4-3-5-15(16)11-17(18)19(22)21-13-14-7-9-20-10-8-14/h3-12H,2,13H2,1H3,(H,21,22). The van der Waals surface area contributed by atoms with Crippen molar-refractivity contribution >= 4 is 16.7 Å². The van der Waals surface area contributed by atoms with Crippen LogP contribution in [0, 0.1) is 0 Å². The number of nitrogens with zero attached hydrogens (tertiary/aromatic N) is 1.